The molecule has 0 saturated carbocycles. The summed E-state index contributed by atoms with van der Waals surface area (Å²) in [7, 11) is 0. The molecule has 0 unspecified atom stereocenters. The number of hydrogen-bond acceptors (Lipinski definition) is 3. The summed E-state index contributed by atoms with van der Waals surface area (Å²) in [6.45, 7) is 7.09. The van der Waals surface area contributed by atoms with Crippen LogP contribution < -0.4 is 5.32 Å². The smallest absolute Gasteiger partial charge is 0.162 e. The van der Waals surface area contributed by atoms with Crippen LogP contribution in [0, 0.1) is 13.8 Å². The number of nitrogens with zero attached hydrogens (tertiary/aromatic N) is 2. The van der Waals surface area contributed by atoms with E-state index >= 15 is 0 Å². The number of hydrogen-bond donors (Lipinski definition) is 1. The van der Waals surface area contributed by atoms with Crippen LogP contribution in [0.5, 0.6) is 0 Å². The molecular formula is C18H19N3. The molecule has 3 nitrogen and oxygen atoms in total. The van der Waals surface area contributed by atoms with Gasteiger partial charge in [0.2, 0.25) is 0 Å². The van der Waals surface area contributed by atoms with Gasteiger partial charge in [0, 0.05) is 17.5 Å². The molecule has 3 aromatic rings. The van der Waals surface area contributed by atoms with E-state index in [0.717, 1.165) is 34.7 Å². The predicted molar refractivity (Wildman–Crippen MR) is 88.6 cm³/mol. The van der Waals surface area contributed by atoms with E-state index in [1.54, 1.807) is 0 Å². The van der Waals surface area contributed by atoms with Gasteiger partial charge < -0.3 is 5.32 Å². The summed E-state index contributed by atoms with van der Waals surface area (Å²) in [5.41, 5.74) is 4.45. The predicted octanol–water partition coefficient (Wildman–Crippen LogP) is 4.35. The minimum Gasteiger partial charge on any atom is -0.370 e. The van der Waals surface area contributed by atoms with Crippen LogP contribution in [0.2, 0.25) is 0 Å². The number of aryl methyl sites for hydroxylation is 2. The van der Waals surface area contributed by atoms with Crippen molar-refractivity contribution in [2.75, 3.05) is 11.9 Å². The van der Waals surface area contributed by atoms with E-state index < -0.39 is 0 Å². The average molecular weight is 277 g/mol. The monoisotopic (exact) mass is 277 g/mol. The van der Waals surface area contributed by atoms with Crippen molar-refractivity contribution < 1.29 is 0 Å². The van der Waals surface area contributed by atoms with E-state index in [1.807, 2.05) is 12.1 Å². The van der Waals surface area contributed by atoms with Crippen LogP contribution in [0.15, 0.2) is 42.5 Å². The molecule has 2 aromatic carbocycles. The highest BCUT2D eigenvalue weighted by molar-refractivity contribution is 5.92. The molecule has 1 aromatic heterocycles. The third kappa shape index (κ3) is 2.59. The first-order valence-corrected chi connectivity index (χ1v) is 7.27. The van der Waals surface area contributed by atoms with Crippen LogP contribution in [0.4, 0.5) is 5.82 Å². The number of anilines is 1. The van der Waals surface area contributed by atoms with Gasteiger partial charge in [-0.15, -0.1) is 0 Å². The Kier molecular flexibility index (Phi) is 3.57. The zero-order valence-corrected chi connectivity index (χ0v) is 12.6. The second-order valence-electron chi connectivity index (χ2n) is 5.27. The van der Waals surface area contributed by atoms with E-state index in [9.17, 15) is 0 Å². The summed E-state index contributed by atoms with van der Waals surface area (Å²) in [5.74, 6) is 1.68. The standard InChI is InChI=1S/C18H19N3/c1-4-19-18-15-10-6-8-13(3)16(15)20-17(21-18)14-9-5-7-12(2)11-14/h5-11H,4H2,1-3H3,(H,19,20,21). The number of benzene rings is 2. The normalized spacial score (nSPS) is 10.8. The number of fused-ring (bicyclic) bond motifs is 1. The van der Waals surface area contributed by atoms with Crippen molar-refractivity contribution in [3.8, 4) is 11.4 Å². The molecule has 0 atom stereocenters. The van der Waals surface area contributed by atoms with Crippen molar-refractivity contribution in [3.05, 3.63) is 53.6 Å². The van der Waals surface area contributed by atoms with E-state index in [-0.39, 0.29) is 0 Å². The lowest BCUT2D eigenvalue weighted by Crippen LogP contribution is -2.03. The molecule has 0 spiro atoms. The van der Waals surface area contributed by atoms with Crippen LogP contribution in [0.1, 0.15) is 18.1 Å². The molecule has 0 amide bonds. The lowest BCUT2D eigenvalue weighted by atomic mass is 10.1. The van der Waals surface area contributed by atoms with Gasteiger partial charge in [0.05, 0.1) is 5.52 Å². The first-order chi connectivity index (χ1) is 10.2. The van der Waals surface area contributed by atoms with Crippen LogP contribution in [-0.4, -0.2) is 16.5 Å². The summed E-state index contributed by atoms with van der Waals surface area (Å²) in [6, 6.07) is 14.5. The fourth-order valence-electron chi connectivity index (χ4n) is 2.51. The molecule has 0 fully saturated rings. The Morgan fingerprint density at radius 1 is 1.00 bits per heavy atom. The Balaban J connectivity index is 2.27. The highest BCUT2D eigenvalue weighted by Gasteiger charge is 2.10. The van der Waals surface area contributed by atoms with E-state index in [0.29, 0.717) is 0 Å². The van der Waals surface area contributed by atoms with E-state index in [4.69, 9.17) is 9.97 Å². The molecule has 3 heteroatoms. The lowest BCUT2D eigenvalue weighted by Gasteiger charge is -2.11. The van der Waals surface area contributed by atoms with Gasteiger partial charge in [0.25, 0.3) is 0 Å². The molecule has 0 aliphatic rings. The van der Waals surface area contributed by atoms with Gasteiger partial charge >= 0.3 is 0 Å². The zero-order chi connectivity index (χ0) is 14.8. The Labute approximate surface area is 125 Å². The maximum atomic E-state index is 4.78. The van der Waals surface area contributed by atoms with Crippen molar-refractivity contribution in [2.45, 2.75) is 20.8 Å². The van der Waals surface area contributed by atoms with Gasteiger partial charge in [-0.25, -0.2) is 9.97 Å². The summed E-state index contributed by atoms with van der Waals surface area (Å²) >= 11 is 0. The minimum absolute atomic E-state index is 0.774. The van der Waals surface area contributed by atoms with Crippen molar-refractivity contribution >= 4 is 16.7 Å². The Morgan fingerprint density at radius 2 is 1.81 bits per heavy atom. The molecule has 0 radical (unpaired) electrons. The summed E-state index contributed by atoms with van der Waals surface area (Å²) < 4.78 is 0. The van der Waals surface area contributed by atoms with Crippen molar-refractivity contribution in [3.63, 3.8) is 0 Å². The summed E-state index contributed by atoms with van der Waals surface area (Å²) in [5, 5.41) is 4.43. The Hall–Kier alpha value is -2.42. The maximum absolute atomic E-state index is 4.78. The van der Waals surface area contributed by atoms with Crippen molar-refractivity contribution in [2.24, 2.45) is 0 Å². The largest absolute Gasteiger partial charge is 0.370 e. The summed E-state index contributed by atoms with van der Waals surface area (Å²) in [4.78, 5) is 9.50. The maximum Gasteiger partial charge on any atom is 0.162 e. The number of aromatic nitrogens is 2. The van der Waals surface area contributed by atoms with Crippen LogP contribution in [-0.2, 0) is 0 Å². The fraction of sp³-hybridized carbons (Fsp3) is 0.222. The highest BCUT2D eigenvalue weighted by atomic mass is 15.0. The highest BCUT2D eigenvalue weighted by Crippen LogP contribution is 2.27. The zero-order valence-electron chi connectivity index (χ0n) is 12.6. The van der Waals surface area contributed by atoms with Gasteiger partial charge in [-0.1, -0.05) is 35.9 Å². The molecule has 0 saturated heterocycles. The summed E-state index contributed by atoms with van der Waals surface area (Å²) in [6.07, 6.45) is 0. The van der Waals surface area contributed by atoms with Crippen LogP contribution >= 0.6 is 0 Å². The molecule has 106 valence electrons. The molecule has 0 aliphatic carbocycles. The molecular weight excluding hydrogens is 258 g/mol. The molecule has 1 N–H and O–H groups in total. The van der Waals surface area contributed by atoms with Gasteiger partial charge in [-0.2, -0.15) is 0 Å². The molecule has 1 heterocycles. The second-order valence-corrected chi connectivity index (χ2v) is 5.27. The topological polar surface area (TPSA) is 37.8 Å². The van der Waals surface area contributed by atoms with Crippen LogP contribution in [0.3, 0.4) is 0 Å². The SMILES string of the molecule is CCNc1nc(-c2cccc(C)c2)nc2c(C)cccc12. The third-order valence-corrected chi connectivity index (χ3v) is 3.55. The van der Waals surface area contributed by atoms with Crippen molar-refractivity contribution in [1.82, 2.24) is 9.97 Å². The average Bonchev–Trinajstić information content (AvgIpc) is 2.48. The fourth-order valence-corrected chi connectivity index (χ4v) is 2.51. The Bertz CT molecular complexity index is 794. The lowest BCUT2D eigenvalue weighted by molar-refractivity contribution is 1.14. The quantitative estimate of drug-likeness (QED) is 0.773. The molecule has 0 aliphatic heterocycles. The number of rotatable bonds is 3. The minimum atomic E-state index is 0.774. The molecule has 3 rings (SSSR count). The Morgan fingerprint density at radius 3 is 2.57 bits per heavy atom. The van der Waals surface area contributed by atoms with Crippen molar-refractivity contribution in [1.29, 1.82) is 0 Å². The first kappa shape index (κ1) is 13.6. The second kappa shape index (κ2) is 5.52. The molecule has 21 heavy (non-hydrogen) atoms. The van der Waals surface area contributed by atoms with Crippen LogP contribution in [0.25, 0.3) is 22.3 Å². The van der Waals surface area contributed by atoms with Gasteiger partial charge in [-0.05, 0) is 38.5 Å². The van der Waals surface area contributed by atoms with E-state index in [2.05, 4.69) is 56.4 Å². The molecule has 0 bridgehead atoms. The number of nitrogens with one attached hydrogen (secondary N) is 1. The van der Waals surface area contributed by atoms with Gasteiger partial charge in [-0.3, -0.25) is 0 Å². The first-order valence-electron chi connectivity index (χ1n) is 7.27. The van der Waals surface area contributed by atoms with Gasteiger partial charge in [0.15, 0.2) is 5.82 Å². The third-order valence-electron chi connectivity index (χ3n) is 3.55. The number of para-hydroxylation sites is 1. The van der Waals surface area contributed by atoms with Gasteiger partial charge in [0.1, 0.15) is 5.82 Å². The van der Waals surface area contributed by atoms with E-state index in [1.165, 1.54) is 11.1 Å².